The maximum absolute atomic E-state index is 13.8. The van der Waals surface area contributed by atoms with E-state index in [9.17, 15) is 9.18 Å². The Morgan fingerprint density at radius 2 is 2.29 bits per heavy atom. The molecule has 0 bridgehead atoms. The predicted molar refractivity (Wildman–Crippen MR) is 66.1 cm³/mol. The molecule has 3 nitrogen and oxygen atoms in total. The molecule has 0 heterocycles. The lowest BCUT2D eigenvalue weighted by Crippen LogP contribution is -2.25. The third kappa shape index (κ3) is 3.31. The lowest BCUT2D eigenvalue weighted by Gasteiger charge is -2.23. The molecule has 0 unspecified atom stereocenters. The predicted octanol–water partition coefficient (Wildman–Crippen LogP) is 2.93. The largest absolute Gasteiger partial charge is 0.478 e. The van der Waals surface area contributed by atoms with Crippen molar-refractivity contribution in [2.75, 3.05) is 18.0 Å². The van der Waals surface area contributed by atoms with Crippen molar-refractivity contribution in [3.8, 4) is 0 Å². The number of benzene rings is 1. The Morgan fingerprint density at radius 3 is 2.76 bits per heavy atom. The second-order valence-corrected chi connectivity index (χ2v) is 3.71. The quantitative estimate of drug-likeness (QED) is 0.773. The molecule has 0 aliphatic rings. The number of carbonyl (C=O) groups is 1. The van der Waals surface area contributed by atoms with Gasteiger partial charge in [0.25, 0.3) is 0 Å². The summed E-state index contributed by atoms with van der Waals surface area (Å²) in [5.41, 5.74) is 0.373. The fourth-order valence-corrected chi connectivity index (χ4v) is 1.63. The van der Waals surface area contributed by atoms with Crippen LogP contribution in [-0.4, -0.2) is 24.2 Å². The van der Waals surface area contributed by atoms with Gasteiger partial charge in [0, 0.05) is 13.1 Å². The molecule has 0 aromatic heterocycles. The normalized spacial score (nSPS) is 10.0. The van der Waals surface area contributed by atoms with Gasteiger partial charge in [-0.05, 0) is 24.6 Å². The average Bonchev–Trinajstić information content (AvgIpc) is 2.28. The van der Waals surface area contributed by atoms with Gasteiger partial charge in [0.1, 0.15) is 5.82 Å². The van der Waals surface area contributed by atoms with Crippen LogP contribution in [-0.2, 0) is 0 Å². The zero-order valence-electron chi connectivity index (χ0n) is 9.82. The Kier molecular flexibility index (Phi) is 4.69. The lowest BCUT2D eigenvalue weighted by molar-refractivity contribution is 0.0696. The molecule has 1 aromatic rings. The van der Waals surface area contributed by atoms with Crippen LogP contribution >= 0.6 is 0 Å². The molecule has 0 amide bonds. The third-order valence-corrected chi connectivity index (χ3v) is 2.38. The molecule has 0 atom stereocenters. The minimum absolute atomic E-state index is 0.0405. The first-order chi connectivity index (χ1) is 8.10. The highest BCUT2D eigenvalue weighted by atomic mass is 19.1. The SMILES string of the molecule is C=CCN(CCC)c1ccc(C(=O)O)cc1F. The molecule has 0 spiro atoms. The van der Waals surface area contributed by atoms with Gasteiger partial charge in [0.05, 0.1) is 11.3 Å². The van der Waals surface area contributed by atoms with Gasteiger partial charge < -0.3 is 10.0 Å². The summed E-state index contributed by atoms with van der Waals surface area (Å²) in [4.78, 5) is 12.5. The number of aromatic carboxylic acids is 1. The van der Waals surface area contributed by atoms with E-state index in [0.29, 0.717) is 18.8 Å². The highest BCUT2D eigenvalue weighted by molar-refractivity contribution is 5.88. The highest BCUT2D eigenvalue weighted by Gasteiger charge is 2.12. The van der Waals surface area contributed by atoms with Crippen molar-refractivity contribution >= 4 is 11.7 Å². The standard InChI is InChI=1S/C13H16FNO2/c1-3-7-15(8-4-2)12-6-5-10(13(16)17)9-11(12)14/h3,5-6,9H,1,4,7-8H2,2H3,(H,16,17). The maximum Gasteiger partial charge on any atom is 0.335 e. The fraction of sp³-hybridized carbons (Fsp3) is 0.308. The second-order valence-electron chi connectivity index (χ2n) is 3.71. The summed E-state index contributed by atoms with van der Waals surface area (Å²) in [7, 11) is 0. The van der Waals surface area contributed by atoms with Crippen LogP contribution < -0.4 is 4.90 Å². The Bertz CT molecular complexity index is 418. The van der Waals surface area contributed by atoms with Gasteiger partial charge in [-0.3, -0.25) is 0 Å². The Morgan fingerprint density at radius 1 is 1.59 bits per heavy atom. The Balaban J connectivity index is 3.03. The Hall–Kier alpha value is -1.84. The highest BCUT2D eigenvalue weighted by Crippen LogP contribution is 2.21. The zero-order chi connectivity index (χ0) is 12.8. The van der Waals surface area contributed by atoms with Crippen LogP contribution in [0.4, 0.5) is 10.1 Å². The number of carboxylic acids is 1. The molecule has 0 radical (unpaired) electrons. The number of hydrogen-bond donors (Lipinski definition) is 1. The van der Waals surface area contributed by atoms with Gasteiger partial charge in [0.2, 0.25) is 0 Å². The van der Waals surface area contributed by atoms with Crippen LogP contribution in [0.5, 0.6) is 0 Å². The maximum atomic E-state index is 13.8. The molecule has 17 heavy (non-hydrogen) atoms. The summed E-state index contributed by atoms with van der Waals surface area (Å²) in [5, 5.41) is 8.75. The van der Waals surface area contributed by atoms with Gasteiger partial charge in [-0.15, -0.1) is 6.58 Å². The number of hydrogen-bond acceptors (Lipinski definition) is 2. The summed E-state index contributed by atoms with van der Waals surface area (Å²) in [6.45, 7) is 6.87. The minimum atomic E-state index is -1.12. The van der Waals surface area contributed by atoms with E-state index in [4.69, 9.17) is 5.11 Å². The fourth-order valence-electron chi connectivity index (χ4n) is 1.63. The van der Waals surface area contributed by atoms with E-state index in [1.165, 1.54) is 12.1 Å². The van der Waals surface area contributed by atoms with E-state index in [1.807, 2.05) is 11.8 Å². The van der Waals surface area contributed by atoms with E-state index in [2.05, 4.69) is 6.58 Å². The summed E-state index contributed by atoms with van der Waals surface area (Å²) in [6, 6.07) is 3.95. The van der Waals surface area contributed by atoms with E-state index >= 15 is 0 Å². The van der Waals surface area contributed by atoms with Crippen molar-refractivity contribution < 1.29 is 14.3 Å². The van der Waals surface area contributed by atoms with Crippen molar-refractivity contribution in [1.29, 1.82) is 0 Å². The molecule has 0 aliphatic carbocycles. The first kappa shape index (κ1) is 13.2. The molecule has 0 saturated carbocycles. The number of nitrogens with zero attached hydrogens (tertiary/aromatic N) is 1. The van der Waals surface area contributed by atoms with Crippen molar-refractivity contribution in [1.82, 2.24) is 0 Å². The van der Waals surface area contributed by atoms with Gasteiger partial charge in [-0.2, -0.15) is 0 Å². The monoisotopic (exact) mass is 237 g/mol. The van der Waals surface area contributed by atoms with Crippen LogP contribution in [0.2, 0.25) is 0 Å². The Labute approximate surface area is 100 Å². The van der Waals surface area contributed by atoms with Crippen molar-refractivity contribution in [2.45, 2.75) is 13.3 Å². The summed E-state index contributed by atoms with van der Waals surface area (Å²) in [5.74, 6) is -1.64. The molecule has 1 rings (SSSR count). The molecule has 1 N–H and O–H groups in total. The van der Waals surface area contributed by atoms with Gasteiger partial charge in [-0.1, -0.05) is 13.0 Å². The molecular weight excluding hydrogens is 221 g/mol. The van der Waals surface area contributed by atoms with Crippen LogP contribution in [0.15, 0.2) is 30.9 Å². The second kappa shape index (κ2) is 6.03. The number of carboxylic acid groups (broad SMARTS) is 1. The zero-order valence-corrected chi connectivity index (χ0v) is 9.82. The molecule has 4 heteroatoms. The summed E-state index contributed by atoms with van der Waals surface area (Å²) >= 11 is 0. The van der Waals surface area contributed by atoms with E-state index in [-0.39, 0.29) is 5.56 Å². The third-order valence-electron chi connectivity index (χ3n) is 2.38. The van der Waals surface area contributed by atoms with Gasteiger partial charge in [0.15, 0.2) is 0 Å². The number of halogens is 1. The van der Waals surface area contributed by atoms with Gasteiger partial charge >= 0.3 is 5.97 Å². The van der Waals surface area contributed by atoms with Gasteiger partial charge in [-0.25, -0.2) is 9.18 Å². The summed E-state index contributed by atoms with van der Waals surface area (Å²) < 4.78 is 13.8. The van der Waals surface area contributed by atoms with E-state index in [0.717, 1.165) is 12.5 Å². The van der Waals surface area contributed by atoms with E-state index < -0.39 is 11.8 Å². The molecule has 1 aromatic carbocycles. The first-order valence-corrected chi connectivity index (χ1v) is 5.48. The van der Waals surface area contributed by atoms with Crippen LogP contribution in [0.25, 0.3) is 0 Å². The van der Waals surface area contributed by atoms with Crippen molar-refractivity contribution in [3.05, 3.63) is 42.2 Å². The van der Waals surface area contributed by atoms with Crippen LogP contribution in [0.3, 0.4) is 0 Å². The van der Waals surface area contributed by atoms with Crippen molar-refractivity contribution in [3.63, 3.8) is 0 Å². The average molecular weight is 237 g/mol. The number of rotatable bonds is 6. The molecule has 0 aliphatic heterocycles. The topological polar surface area (TPSA) is 40.5 Å². The smallest absolute Gasteiger partial charge is 0.335 e. The lowest BCUT2D eigenvalue weighted by atomic mass is 10.2. The molecule has 92 valence electrons. The van der Waals surface area contributed by atoms with E-state index in [1.54, 1.807) is 6.08 Å². The molecule has 0 saturated heterocycles. The first-order valence-electron chi connectivity index (χ1n) is 5.48. The number of anilines is 1. The summed E-state index contributed by atoms with van der Waals surface area (Å²) in [6.07, 6.45) is 2.58. The van der Waals surface area contributed by atoms with Crippen LogP contribution in [0, 0.1) is 5.82 Å². The molecular formula is C13H16FNO2. The van der Waals surface area contributed by atoms with Crippen LogP contribution in [0.1, 0.15) is 23.7 Å². The van der Waals surface area contributed by atoms with Crippen molar-refractivity contribution in [2.24, 2.45) is 0 Å². The minimum Gasteiger partial charge on any atom is -0.478 e. The molecule has 0 fully saturated rings.